The minimum Gasteiger partial charge on any atom is -0.459 e. The largest absolute Gasteiger partial charge is 0.459 e. The van der Waals surface area contributed by atoms with Crippen LogP contribution in [0.2, 0.25) is 0 Å². The first kappa shape index (κ1) is 14.1. The Balaban J connectivity index is 1.90. The zero-order chi connectivity index (χ0) is 13.7. The van der Waals surface area contributed by atoms with Crippen molar-refractivity contribution in [2.45, 2.75) is 25.5 Å². The van der Waals surface area contributed by atoms with E-state index in [1.54, 1.807) is 4.90 Å². The van der Waals surface area contributed by atoms with Gasteiger partial charge in [0.15, 0.2) is 0 Å². The fraction of sp³-hybridized carbons (Fsp3) is 0.429. The van der Waals surface area contributed by atoms with Gasteiger partial charge in [-0.1, -0.05) is 46.3 Å². The van der Waals surface area contributed by atoms with Gasteiger partial charge in [0.05, 0.1) is 5.33 Å². The Morgan fingerprint density at radius 3 is 2.74 bits per heavy atom. The third-order valence-corrected chi connectivity index (χ3v) is 3.66. The molecule has 0 saturated carbocycles. The molecule has 1 fully saturated rings. The van der Waals surface area contributed by atoms with Gasteiger partial charge in [-0.15, -0.1) is 0 Å². The standard InChI is InChI=1S/C14H16BrNO3/c15-9-13(17)16-8-4-7-12(16)14(18)19-10-11-5-2-1-3-6-11/h1-3,5-6,12H,4,7-10H2. The van der Waals surface area contributed by atoms with E-state index in [0.29, 0.717) is 13.0 Å². The van der Waals surface area contributed by atoms with Crippen molar-refractivity contribution in [1.82, 2.24) is 4.90 Å². The Morgan fingerprint density at radius 1 is 1.32 bits per heavy atom. The molecule has 1 amide bonds. The summed E-state index contributed by atoms with van der Waals surface area (Å²) in [4.78, 5) is 25.3. The van der Waals surface area contributed by atoms with Crippen LogP contribution >= 0.6 is 15.9 Å². The molecule has 1 heterocycles. The van der Waals surface area contributed by atoms with E-state index in [1.807, 2.05) is 30.3 Å². The van der Waals surface area contributed by atoms with Crippen molar-refractivity contribution >= 4 is 27.8 Å². The van der Waals surface area contributed by atoms with Gasteiger partial charge >= 0.3 is 5.97 Å². The number of hydrogen-bond donors (Lipinski definition) is 0. The molecule has 1 aliphatic heterocycles. The van der Waals surface area contributed by atoms with E-state index in [1.165, 1.54) is 0 Å². The van der Waals surface area contributed by atoms with Crippen molar-refractivity contribution in [2.24, 2.45) is 0 Å². The fourth-order valence-corrected chi connectivity index (χ4v) is 2.53. The van der Waals surface area contributed by atoms with Gasteiger partial charge in [-0.3, -0.25) is 4.79 Å². The van der Waals surface area contributed by atoms with E-state index < -0.39 is 6.04 Å². The predicted molar refractivity (Wildman–Crippen MR) is 74.8 cm³/mol. The number of ether oxygens (including phenoxy) is 1. The van der Waals surface area contributed by atoms with Crippen LogP contribution in [-0.2, 0) is 20.9 Å². The minimum absolute atomic E-state index is 0.0563. The van der Waals surface area contributed by atoms with E-state index >= 15 is 0 Å². The molecule has 1 aliphatic rings. The van der Waals surface area contributed by atoms with Crippen molar-refractivity contribution in [1.29, 1.82) is 0 Å². The molecular formula is C14H16BrNO3. The summed E-state index contributed by atoms with van der Waals surface area (Å²) in [5.74, 6) is -0.366. The number of amides is 1. The summed E-state index contributed by atoms with van der Waals surface area (Å²) in [6.45, 7) is 0.891. The lowest BCUT2D eigenvalue weighted by molar-refractivity contribution is -0.153. The zero-order valence-corrected chi connectivity index (χ0v) is 12.1. The number of alkyl halides is 1. The molecular weight excluding hydrogens is 310 g/mol. The van der Waals surface area contributed by atoms with Crippen LogP contribution in [0.5, 0.6) is 0 Å². The van der Waals surface area contributed by atoms with Gasteiger partial charge in [-0.2, -0.15) is 0 Å². The van der Waals surface area contributed by atoms with E-state index in [-0.39, 0.29) is 23.8 Å². The first-order valence-corrected chi connectivity index (χ1v) is 7.40. The summed E-state index contributed by atoms with van der Waals surface area (Å²) >= 11 is 3.13. The summed E-state index contributed by atoms with van der Waals surface area (Å²) < 4.78 is 5.29. The highest BCUT2D eigenvalue weighted by Gasteiger charge is 2.34. The number of carbonyl (C=O) groups is 2. The van der Waals surface area contributed by atoms with E-state index in [4.69, 9.17) is 4.74 Å². The number of likely N-dealkylation sites (tertiary alicyclic amines) is 1. The van der Waals surface area contributed by atoms with Crippen LogP contribution in [0.3, 0.4) is 0 Å². The lowest BCUT2D eigenvalue weighted by atomic mass is 10.2. The number of carbonyl (C=O) groups excluding carboxylic acids is 2. The normalized spacial score (nSPS) is 18.4. The Kier molecular flexibility index (Phi) is 4.96. The number of esters is 1. The highest BCUT2D eigenvalue weighted by Crippen LogP contribution is 2.19. The van der Waals surface area contributed by atoms with Gasteiger partial charge in [0, 0.05) is 6.54 Å². The SMILES string of the molecule is O=C(OCc1ccccc1)C1CCCN1C(=O)CBr. The van der Waals surface area contributed by atoms with Crippen LogP contribution in [0.4, 0.5) is 0 Å². The summed E-state index contributed by atoms with van der Waals surface area (Å²) in [7, 11) is 0. The molecule has 0 N–H and O–H groups in total. The van der Waals surface area contributed by atoms with Gasteiger partial charge in [0.25, 0.3) is 0 Å². The fourth-order valence-electron chi connectivity index (χ4n) is 2.21. The highest BCUT2D eigenvalue weighted by atomic mass is 79.9. The van der Waals surface area contributed by atoms with Gasteiger partial charge in [0.1, 0.15) is 12.6 Å². The number of rotatable bonds is 4. The summed E-state index contributed by atoms with van der Waals surface area (Å²) in [6.07, 6.45) is 1.54. The average molecular weight is 326 g/mol. The maximum atomic E-state index is 12.0. The monoisotopic (exact) mass is 325 g/mol. The molecule has 0 bridgehead atoms. The molecule has 0 aliphatic carbocycles. The van der Waals surface area contributed by atoms with Gasteiger partial charge in [0.2, 0.25) is 5.91 Å². The van der Waals surface area contributed by atoms with E-state index in [0.717, 1.165) is 12.0 Å². The summed E-state index contributed by atoms with van der Waals surface area (Å²) in [6, 6.07) is 9.11. The van der Waals surface area contributed by atoms with Crippen molar-refractivity contribution in [3.63, 3.8) is 0 Å². The van der Waals surface area contributed by atoms with E-state index in [2.05, 4.69) is 15.9 Å². The molecule has 4 nitrogen and oxygen atoms in total. The van der Waals surface area contributed by atoms with Crippen LogP contribution < -0.4 is 0 Å². The molecule has 0 aromatic heterocycles. The van der Waals surface area contributed by atoms with Gasteiger partial charge in [-0.05, 0) is 18.4 Å². The van der Waals surface area contributed by atoms with Crippen LogP contribution in [0.15, 0.2) is 30.3 Å². The second kappa shape index (κ2) is 6.70. The van der Waals surface area contributed by atoms with Crippen molar-refractivity contribution in [2.75, 3.05) is 11.9 Å². The molecule has 0 radical (unpaired) electrons. The number of benzene rings is 1. The van der Waals surface area contributed by atoms with Crippen molar-refractivity contribution in [3.05, 3.63) is 35.9 Å². The average Bonchev–Trinajstić information content (AvgIpc) is 2.94. The molecule has 102 valence electrons. The Bertz CT molecular complexity index is 449. The number of nitrogens with zero attached hydrogens (tertiary/aromatic N) is 1. The minimum atomic E-state index is -0.422. The Labute approximate surface area is 120 Å². The maximum absolute atomic E-state index is 12.0. The van der Waals surface area contributed by atoms with Gasteiger partial charge < -0.3 is 9.64 Å². The number of halogens is 1. The first-order valence-electron chi connectivity index (χ1n) is 6.28. The van der Waals surface area contributed by atoms with Crippen LogP contribution in [0.1, 0.15) is 18.4 Å². The predicted octanol–water partition coefficient (Wildman–Crippen LogP) is 2.12. The second-order valence-electron chi connectivity index (χ2n) is 4.47. The lowest BCUT2D eigenvalue weighted by Gasteiger charge is -2.22. The Morgan fingerprint density at radius 2 is 2.05 bits per heavy atom. The second-order valence-corrected chi connectivity index (χ2v) is 5.03. The smallest absolute Gasteiger partial charge is 0.329 e. The summed E-state index contributed by atoms with van der Waals surface area (Å²) in [5.41, 5.74) is 0.951. The summed E-state index contributed by atoms with van der Waals surface area (Å²) in [5, 5.41) is 0.246. The quantitative estimate of drug-likeness (QED) is 0.629. The molecule has 2 rings (SSSR count). The van der Waals surface area contributed by atoms with Crippen molar-refractivity contribution < 1.29 is 14.3 Å². The molecule has 0 spiro atoms. The zero-order valence-electron chi connectivity index (χ0n) is 10.5. The highest BCUT2D eigenvalue weighted by molar-refractivity contribution is 9.09. The van der Waals surface area contributed by atoms with Crippen molar-refractivity contribution in [3.8, 4) is 0 Å². The molecule has 1 aromatic carbocycles. The molecule has 5 heteroatoms. The first-order chi connectivity index (χ1) is 9.22. The molecule has 1 saturated heterocycles. The van der Waals surface area contributed by atoms with Crippen LogP contribution in [0.25, 0.3) is 0 Å². The third-order valence-electron chi connectivity index (χ3n) is 3.18. The molecule has 19 heavy (non-hydrogen) atoms. The molecule has 1 aromatic rings. The number of hydrogen-bond acceptors (Lipinski definition) is 3. The lowest BCUT2D eigenvalue weighted by Crippen LogP contribution is -2.41. The molecule has 1 atom stereocenters. The Hall–Kier alpha value is -1.36. The van der Waals surface area contributed by atoms with Gasteiger partial charge in [-0.25, -0.2) is 4.79 Å². The van der Waals surface area contributed by atoms with Crippen LogP contribution in [0, 0.1) is 0 Å². The molecule has 1 unspecified atom stereocenters. The topological polar surface area (TPSA) is 46.6 Å². The third kappa shape index (κ3) is 3.56. The van der Waals surface area contributed by atoms with E-state index in [9.17, 15) is 9.59 Å². The van der Waals surface area contributed by atoms with Crippen LogP contribution in [-0.4, -0.2) is 34.7 Å². The maximum Gasteiger partial charge on any atom is 0.329 e.